The lowest BCUT2D eigenvalue weighted by Gasteiger charge is -2.19. The van der Waals surface area contributed by atoms with E-state index >= 15 is 0 Å². The van der Waals surface area contributed by atoms with Crippen molar-refractivity contribution in [3.05, 3.63) is 0 Å². The van der Waals surface area contributed by atoms with E-state index in [9.17, 15) is 0 Å². The fourth-order valence-electron chi connectivity index (χ4n) is 0.692. The van der Waals surface area contributed by atoms with E-state index < -0.39 is 6.69 Å². The van der Waals surface area contributed by atoms with Gasteiger partial charge in [-0.05, 0) is 18.0 Å². The number of hydrogen-bond acceptors (Lipinski definition) is 1. The summed E-state index contributed by atoms with van der Waals surface area (Å²) in [6.45, 7) is 2.06. The molecule has 64 valence electrons. The van der Waals surface area contributed by atoms with Crippen molar-refractivity contribution in [2.45, 2.75) is 38.3 Å². The maximum atomic E-state index is 8.28. The SMILES string of the molecule is CC(C)[Si](Cl)(Cl)CCCC#N. The third kappa shape index (κ3) is 4.68. The molecule has 11 heavy (non-hydrogen) atoms. The summed E-state index contributed by atoms with van der Waals surface area (Å²) in [6.07, 6.45) is 1.41. The van der Waals surface area contributed by atoms with E-state index in [1.54, 1.807) is 0 Å². The lowest BCUT2D eigenvalue weighted by molar-refractivity contribution is 0.925. The molecule has 0 saturated heterocycles. The van der Waals surface area contributed by atoms with Gasteiger partial charge in [0.1, 0.15) is 0 Å². The van der Waals surface area contributed by atoms with Gasteiger partial charge in [-0.2, -0.15) is 5.26 Å². The molecule has 0 saturated carbocycles. The summed E-state index contributed by atoms with van der Waals surface area (Å²) >= 11 is 12.2. The fraction of sp³-hybridized carbons (Fsp3) is 0.857. The van der Waals surface area contributed by atoms with Gasteiger partial charge >= 0.3 is 0 Å². The lowest BCUT2D eigenvalue weighted by Crippen LogP contribution is -2.22. The van der Waals surface area contributed by atoms with Gasteiger partial charge in [0.2, 0.25) is 0 Å². The van der Waals surface area contributed by atoms with E-state index in [-0.39, 0.29) is 0 Å². The van der Waals surface area contributed by atoms with E-state index in [2.05, 4.69) is 6.07 Å². The topological polar surface area (TPSA) is 23.8 Å². The summed E-state index contributed by atoms with van der Waals surface area (Å²) in [4.78, 5) is 0. The summed E-state index contributed by atoms with van der Waals surface area (Å²) in [6, 6.07) is 2.92. The zero-order valence-electron chi connectivity index (χ0n) is 6.90. The van der Waals surface area contributed by atoms with Crippen LogP contribution in [0.15, 0.2) is 0 Å². The van der Waals surface area contributed by atoms with Crippen LogP contribution in [0.25, 0.3) is 0 Å². The molecule has 0 bridgehead atoms. The van der Waals surface area contributed by atoms with Crippen LogP contribution in [0.4, 0.5) is 0 Å². The van der Waals surface area contributed by atoms with Crippen molar-refractivity contribution in [3.63, 3.8) is 0 Å². The van der Waals surface area contributed by atoms with Gasteiger partial charge in [0.25, 0.3) is 6.69 Å². The van der Waals surface area contributed by atoms with Gasteiger partial charge < -0.3 is 0 Å². The monoisotopic (exact) mass is 209 g/mol. The second-order valence-corrected chi connectivity index (χ2v) is 10.7. The maximum absolute atomic E-state index is 8.28. The predicted octanol–water partition coefficient (Wildman–Crippen LogP) is 3.62. The molecule has 0 atom stereocenters. The summed E-state index contributed by atoms with van der Waals surface area (Å²) in [5, 5.41) is 8.28. The van der Waals surface area contributed by atoms with Crippen LogP contribution in [-0.2, 0) is 0 Å². The molecule has 1 nitrogen and oxygen atoms in total. The molecule has 0 aliphatic carbocycles. The number of rotatable bonds is 4. The van der Waals surface area contributed by atoms with E-state index in [4.69, 9.17) is 27.4 Å². The normalized spacial score (nSPS) is 11.6. The highest BCUT2D eigenvalue weighted by atomic mass is 35.7. The Balaban J connectivity index is 3.66. The molecule has 0 radical (unpaired) electrons. The Morgan fingerprint density at radius 2 is 2.00 bits per heavy atom. The molecule has 0 unspecified atom stereocenters. The largest absolute Gasteiger partial charge is 0.253 e. The van der Waals surface area contributed by atoms with E-state index in [1.807, 2.05) is 13.8 Å². The van der Waals surface area contributed by atoms with E-state index in [0.29, 0.717) is 12.0 Å². The Kier molecular flexibility index (Phi) is 5.16. The number of unbranched alkanes of at least 4 members (excludes halogenated alkanes) is 1. The first-order valence-electron chi connectivity index (χ1n) is 3.75. The van der Waals surface area contributed by atoms with Crippen LogP contribution in [-0.4, -0.2) is 6.69 Å². The molecular formula is C7H13Cl2NSi. The maximum Gasteiger partial charge on any atom is 0.253 e. The standard InChI is InChI=1S/C7H13Cl2NSi/c1-7(2)11(8,9)6-4-3-5-10/h7H,3-4,6H2,1-2H3. The Labute approximate surface area is 78.7 Å². The zero-order chi connectivity index (χ0) is 8.91. The van der Waals surface area contributed by atoms with Crippen LogP contribution < -0.4 is 0 Å². The van der Waals surface area contributed by atoms with Crippen LogP contribution >= 0.6 is 22.2 Å². The van der Waals surface area contributed by atoms with Gasteiger partial charge in [-0.25, -0.2) is 0 Å². The van der Waals surface area contributed by atoms with Crippen molar-refractivity contribution < 1.29 is 0 Å². The quantitative estimate of drug-likeness (QED) is 0.395. The minimum atomic E-state index is -2.02. The Hall–Kier alpha value is 0.287. The summed E-state index contributed by atoms with van der Waals surface area (Å²) < 4.78 is 0. The van der Waals surface area contributed by atoms with Crippen LogP contribution in [0.1, 0.15) is 26.7 Å². The molecule has 0 fully saturated rings. The highest BCUT2D eigenvalue weighted by Gasteiger charge is 2.31. The van der Waals surface area contributed by atoms with Crippen molar-refractivity contribution in [1.82, 2.24) is 0 Å². The van der Waals surface area contributed by atoms with Crippen molar-refractivity contribution in [3.8, 4) is 6.07 Å². The average Bonchev–Trinajstić information content (AvgIpc) is 1.88. The summed E-state index contributed by atoms with van der Waals surface area (Å²) in [5.74, 6) is 0. The second-order valence-electron chi connectivity index (χ2n) is 2.93. The molecule has 0 N–H and O–H groups in total. The minimum Gasteiger partial charge on any atom is -0.198 e. The van der Waals surface area contributed by atoms with Crippen molar-refractivity contribution >= 4 is 28.9 Å². The second kappa shape index (κ2) is 5.03. The number of hydrogen-bond donors (Lipinski definition) is 0. The third-order valence-corrected chi connectivity index (χ3v) is 8.11. The molecule has 0 spiro atoms. The van der Waals surface area contributed by atoms with Crippen LogP contribution in [0.3, 0.4) is 0 Å². The molecule has 0 heterocycles. The van der Waals surface area contributed by atoms with E-state index in [0.717, 1.165) is 12.5 Å². The number of nitrogens with zero attached hydrogens (tertiary/aromatic N) is 1. The summed E-state index contributed by atoms with van der Waals surface area (Å²) in [5.41, 5.74) is 0.379. The number of nitriles is 1. The Bertz CT molecular complexity index is 151. The average molecular weight is 210 g/mol. The first kappa shape index (κ1) is 11.3. The van der Waals surface area contributed by atoms with Gasteiger partial charge in [0.15, 0.2) is 0 Å². The Morgan fingerprint density at radius 3 is 2.36 bits per heavy atom. The third-order valence-electron chi connectivity index (χ3n) is 1.64. The minimum absolute atomic E-state index is 0.379. The van der Waals surface area contributed by atoms with Crippen LogP contribution in [0.2, 0.25) is 11.6 Å². The van der Waals surface area contributed by atoms with Crippen molar-refractivity contribution in [2.75, 3.05) is 0 Å². The highest BCUT2D eigenvalue weighted by Crippen LogP contribution is 2.34. The molecule has 4 heteroatoms. The van der Waals surface area contributed by atoms with Gasteiger partial charge in [0, 0.05) is 6.42 Å². The van der Waals surface area contributed by atoms with E-state index in [1.165, 1.54) is 0 Å². The molecule has 0 aromatic rings. The molecule has 0 aliphatic rings. The van der Waals surface area contributed by atoms with Gasteiger partial charge in [-0.15, -0.1) is 22.2 Å². The summed E-state index contributed by atoms with van der Waals surface area (Å²) in [7, 11) is 0. The van der Waals surface area contributed by atoms with Crippen molar-refractivity contribution in [2.24, 2.45) is 0 Å². The van der Waals surface area contributed by atoms with Crippen LogP contribution in [0.5, 0.6) is 0 Å². The van der Waals surface area contributed by atoms with Crippen LogP contribution in [0, 0.1) is 11.3 Å². The zero-order valence-corrected chi connectivity index (χ0v) is 9.41. The molecule has 0 aromatic carbocycles. The van der Waals surface area contributed by atoms with Gasteiger partial charge in [-0.1, -0.05) is 13.8 Å². The molecule has 0 aromatic heterocycles. The highest BCUT2D eigenvalue weighted by molar-refractivity contribution is 7.45. The molecule has 0 amide bonds. The first-order chi connectivity index (χ1) is 5.00. The smallest absolute Gasteiger partial charge is 0.198 e. The Morgan fingerprint density at radius 1 is 1.45 bits per heavy atom. The molecular weight excluding hydrogens is 197 g/mol. The predicted molar refractivity (Wildman–Crippen MR) is 52.2 cm³/mol. The molecule has 0 aliphatic heterocycles. The first-order valence-corrected chi connectivity index (χ1v) is 8.06. The lowest BCUT2D eigenvalue weighted by atomic mass is 10.4. The fourth-order valence-corrected chi connectivity index (χ4v) is 2.72. The number of halogens is 2. The van der Waals surface area contributed by atoms with Crippen molar-refractivity contribution in [1.29, 1.82) is 5.26 Å². The van der Waals surface area contributed by atoms with Gasteiger partial charge in [-0.3, -0.25) is 0 Å². The molecule has 0 rings (SSSR count). The van der Waals surface area contributed by atoms with Gasteiger partial charge in [0.05, 0.1) is 6.07 Å².